The number of aromatic nitrogens is 1. The third kappa shape index (κ3) is 5.11. The highest BCUT2D eigenvalue weighted by atomic mass is 35.5. The monoisotopic (exact) mass is 374 g/mol. The predicted molar refractivity (Wildman–Crippen MR) is 99.4 cm³/mol. The molecule has 0 aliphatic heterocycles. The predicted octanol–water partition coefficient (Wildman–Crippen LogP) is 4.50. The molecular weight excluding hydrogens is 359 g/mol. The SMILES string of the molecule is O=C(Cc1csc(-c2ccc(Cl)cc2)n1)NCCc1ccc(F)cc1. The van der Waals surface area contributed by atoms with E-state index in [4.69, 9.17) is 11.6 Å². The van der Waals surface area contributed by atoms with E-state index < -0.39 is 0 Å². The van der Waals surface area contributed by atoms with Gasteiger partial charge in [0.25, 0.3) is 0 Å². The molecule has 0 fully saturated rings. The Bertz CT molecular complexity index is 847. The van der Waals surface area contributed by atoms with Crippen molar-refractivity contribution >= 4 is 28.8 Å². The topological polar surface area (TPSA) is 42.0 Å². The van der Waals surface area contributed by atoms with Crippen LogP contribution in [0.15, 0.2) is 53.9 Å². The van der Waals surface area contributed by atoms with Crippen molar-refractivity contribution in [2.24, 2.45) is 0 Å². The van der Waals surface area contributed by atoms with Crippen molar-refractivity contribution in [1.82, 2.24) is 10.3 Å². The fourth-order valence-electron chi connectivity index (χ4n) is 2.34. The zero-order chi connectivity index (χ0) is 17.6. The molecule has 0 saturated heterocycles. The zero-order valence-corrected chi connectivity index (χ0v) is 14.9. The number of halogens is 2. The summed E-state index contributed by atoms with van der Waals surface area (Å²) in [7, 11) is 0. The molecule has 3 rings (SSSR count). The summed E-state index contributed by atoms with van der Waals surface area (Å²) < 4.78 is 12.8. The van der Waals surface area contributed by atoms with Crippen molar-refractivity contribution in [1.29, 1.82) is 0 Å². The largest absolute Gasteiger partial charge is 0.355 e. The molecular formula is C19H16ClFN2OS. The second kappa shape index (κ2) is 8.23. The Morgan fingerprint density at radius 3 is 2.56 bits per heavy atom. The quantitative estimate of drug-likeness (QED) is 0.690. The van der Waals surface area contributed by atoms with Crippen molar-refractivity contribution in [3.63, 3.8) is 0 Å². The first-order chi connectivity index (χ1) is 12.1. The fourth-order valence-corrected chi connectivity index (χ4v) is 3.29. The lowest BCUT2D eigenvalue weighted by Gasteiger charge is -2.04. The lowest BCUT2D eigenvalue weighted by atomic mass is 10.1. The molecule has 3 nitrogen and oxygen atoms in total. The molecule has 0 saturated carbocycles. The zero-order valence-electron chi connectivity index (χ0n) is 13.3. The Kier molecular flexibility index (Phi) is 5.79. The van der Waals surface area contributed by atoms with Crippen LogP contribution in [0.5, 0.6) is 0 Å². The molecule has 2 aromatic carbocycles. The summed E-state index contributed by atoms with van der Waals surface area (Å²) in [6, 6.07) is 13.7. The van der Waals surface area contributed by atoms with Gasteiger partial charge in [-0.3, -0.25) is 4.79 Å². The molecule has 6 heteroatoms. The molecule has 1 amide bonds. The second-order valence-corrected chi connectivity index (χ2v) is 6.85. The maximum absolute atomic E-state index is 12.8. The van der Waals surface area contributed by atoms with Crippen molar-refractivity contribution < 1.29 is 9.18 Å². The van der Waals surface area contributed by atoms with Crippen molar-refractivity contribution in [2.45, 2.75) is 12.8 Å². The number of amides is 1. The molecule has 1 N–H and O–H groups in total. The first-order valence-electron chi connectivity index (χ1n) is 7.81. The van der Waals surface area contributed by atoms with Gasteiger partial charge in [0.15, 0.2) is 0 Å². The first-order valence-corrected chi connectivity index (χ1v) is 9.07. The van der Waals surface area contributed by atoms with Gasteiger partial charge in [-0.05, 0) is 36.2 Å². The number of carbonyl (C=O) groups is 1. The van der Waals surface area contributed by atoms with Crippen LogP contribution in [0.25, 0.3) is 10.6 Å². The molecule has 1 aromatic heterocycles. The highest BCUT2D eigenvalue weighted by Crippen LogP contribution is 2.25. The molecule has 128 valence electrons. The van der Waals surface area contributed by atoms with E-state index in [0.717, 1.165) is 21.8 Å². The number of rotatable bonds is 6. The summed E-state index contributed by atoms with van der Waals surface area (Å²) in [4.78, 5) is 16.5. The van der Waals surface area contributed by atoms with Gasteiger partial charge in [0.1, 0.15) is 10.8 Å². The molecule has 0 spiro atoms. The van der Waals surface area contributed by atoms with Crippen LogP contribution in [0.2, 0.25) is 5.02 Å². The summed E-state index contributed by atoms with van der Waals surface area (Å²) in [6.07, 6.45) is 0.909. The average molecular weight is 375 g/mol. The minimum absolute atomic E-state index is 0.0740. The summed E-state index contributed by atoms with van der Waals surface area (Å²) in [5, 5.41) is 6.31. The Morgan fingerprint density at radius 1 is 1.12 bits per heavy atom. The summed E-state index contributed by atoms with van der Waals surface area (Å²) >= 11 is 7.39. The van der Waals surface area contributed by atoms with Crippen LogP contribution in [-0.4, -0.2) is 17.4 Å². The Labute approximate surface area is 154 Å². The Balaban J connectivity index is 1.49. The molecule has 0 aliphatic carbocycles. The number of hydrogen-bond acceptors (Lipinski definition) is 3. The van der Waals surface area contributed by atoms with E-state index in [1.54, 1.807) is 12.1 Å². The van der Waals surface area contributed by atoms with Crippen LogP contribution < -0.4 is 5.32 Å². The molecule has 3 aromatic rings. The average Bonchev–Trinajstić information content (AvgIpc) is 3.06. The summed E-state index contributed by atoms with van der Waals surface area (Å²) in [5.41, 5.74) is 2.71. The highest BCUT2D eigenvalue weighted by molar-refractivity contribution is 7.13. The van der Waals surface area contributed by atoms with Crippen molar-refractivity contribution in [3.8, 4) is 10.6 Å². The maximum atomic E-state index is 12.8. The van der Waals surface area contributed by atoms with Gasteiger partial charge in [-0.25, -0.2) is 9.37 Å². The van der Waals surface area contributed by atoms with Crippen molar-refractivity contribution in [2.75, 3.05) is 6.54 Å². The van der Waals surface area contributed by atoms with E-state index in [0.29, 0.717) is 18.0 Å². The highest BCUT2D eigenvalue weighted by Gasteiger charge is 2.09. The van der Waals surface area contributed by atoms with Crippen LogP contribution in [0.4, 0.5) is 4.39 Å². The van der Waals surface area contributed by atoms with E-state index in [1.807, 2.05) is 29.6 Å². The minimum Gasteiger partial charge on any atom is -0.355 e. The van der Waals surface area contributed by atoms with Crippen LogP contribution in [0.1, 0.15) is 11.3 Å². The summed E-state index contributed by atoms with van der Waals surface area (Å²) in [5.74, 6) is -0.331. The Morgan fingerprint density at radius 2 is 1.84 bits per heavy atom. The number of thiazole rings is 1. The molecule has 1 heterocycles. The lowest BCUT2D eigenvalue weighted by Crippen LogP contribution is -2.27. The fraction of sp³-hybridized carbons (Fsp3) is 0.158. The Hall–Kier alpha value is -2.24. The summed E-state index contributed by atoms with van der Waals surface area (Å²) in [6.45, 7) is 0.513. The van der Waals surface area contributed by atoms with Crippen LogP contribution >= 0.6 is 22.9 Å². The number of nitrogens with zero attached hydrogens (tertiary/aromatic N) is 1. The lowest BCUT2D eigenvalue weighted by molar-refractivity contribution is -0.120. The van der Waals surface area contributed by atoms with Crippen LogP contribution in [0.3, 0.4) is 0 Å². The smallest absolute Gasteiger partial charge is 0.226 e. The second-order valence-electron chi connectivity index (χ2n) is 5.55. The number of benzene rings is 2. The number of carbonyl (C=O) groups excluding carboxylic acids is 1. The normalized spacial score (nSPS) is 10.6. The molecule has 0 aliphatic rings. The van der Waals surface area contributed by atoms with Gasteiger partial charge in [-0.1, -0.05) is 35.9 Å². The van der Waals surface area contributed by atoms with Crippen LogP contribution in [-0.2, 0) is 17.6 Å². The standard InChI is InChI=1S/C19H16ClFN2OS/c20-15-5-3-14(4-6-15)19-23-17(12-25-19)11-18(24)22-10-9-13-1-7-16(21)8-2-13/h1-8,12H,9-11H2,(H,22,24). The van der Waals surface area contributed by atoms with Gasteiger partial charge >= 0.3 is 0 Å². The van der Waals surface area contributed by atoms with Crippen molar-refractivity contribution in [3.05, 3.63) is 76.0 Å². The van der Waals surface area contributed by atoms with Crippen LogP contribution in [0, 0.1) is 5.82 Å². The molecule has 0 unspecified atom stereocenters. The van der Waals surface area contributed by atoms with E-state index >= 15 is 0 Å². The number of nitrogens with one attached hydrogen (secondary N) is 1. The molecule has 0 bridgehead atoms. The van der Waals surface area contributed by atoms with E-state index in [1.165, 1.54) is 23.5 Å². The van der Waals surface area contributed by atoms with Gasteiger partial charge in [0, 0.05) is 22.5 Å². The van der Waals surface area contributed by atoms with Gasteiger partial charge in [-0.2, -0.15) is 0 Å². The molecule has 0 atom stereocenters. The van der Waals surface area contributed by atoms with Gasteiger partial charge in [0.2, 0.25) is 5.91 Å². The maximum Gasteiger partial charge on any atom is 0.226 e. The number of hydrogen-bond donors (Lipinski definition) is 1. The van der Waals surface area contributed by atoms with Gasteiger partial charge in [-0.15, -0.1) is 11.3 Å². The van der Waals surface area contributed by atoms with Gasteiger partial charge in [0.05, 0.1) is 12.1 Å². The van der Waals surface area contributed by atoms with E-state index in [2.05, 4.69) is 10.3 Å². The third-order valence-corrected chi connectivity index (χ3v) is 4.83. The van der Waals surface area contributed by atoms with Gasteiger partial charge < -0.3 is 5.32 Å². The van der Waals surface area contributed by atoms with E-state index in [-0.39, 0.29) is 18.1 Å². The molecule has 25 heavy (non-hydrogen) atoms. The molecule has 0 radical (unpaired) electrons. The third-order valence-electron chi connectivity index (χ3n) is 3.63. The first kappa shape index (κ1) is 17.6. The minimum atomic E-state index is -0.257. The van der Waals surface area contributed by atoms with E-state index in [9.17, 15) is 9.18 Å².